The largest absolute Gasteiger partial charge is 0.405 e. The summed E-state index contributed by atoms with van der Waals surface area (Å²) in [4.78, 5) is 18.4. The van der Waals surface area contributed by atoms with E-state index in [0.29, 0.717) is 11.4 Å². The molecule has 126 valence electrons. The molecule has 0 aliphatic carbocycles. The standard InChI is InChI=1S/C18H22N4OS/c1-12-14(15(21-2)8-9-19)10-17(24-12)18(23)22-16(11-20)13-6-4-3-5-7-13/h3-10,16H,11,19-20H2,1-2H3,(H,22,23)/t16-/m1/s1. The van der Waals surface area contributed by atoms with Crippen molar-refractivity contribution < 1.29 is 4.79 Å². The van der Waals surface area contributed by atoms with E-state index in [9.17, 15) is 4.79 Å². The summed E-state index contributed by atoms with van der Waals surface area (Å²) in [5.74, 6) is -0.138. The van der Waals surface area contributed by atoms with Crippen LogP contribution in [0.5, 0.6) is 0 Å². The minimum atomic E-state index is -0.215. The number of hydrogen-bond donors (Lipinski definition) is 3. The Balaban J connectivity index is 2.21. The number of nitrogens with zero attached hydrogens (tertiary/aromatic N) is 1. The Kier molecular flexibility index (Phi) is 6.28. The zero-order valence-corrected chi connectivity index (χ0v) is 14.6. The lowest BCUT2D eigenvalue weighted by molar-refractivity contribution is 0.0942. The second-order valence-electron chi connectivity index (χ2n) is 5.22. The Morgan fingerprint density at radius 2 is 2.08 bits per heavy atom. The van der Waals surface area contributed by atoms with Crippen LogP contribution in [-0.2, 0) is 0 Å². The lowest BCUT2D eigenvalue weighted by atomic mass is 10.1. The van der Waals surface area contributed by atoms with Crippen molar-refractivity contribution in [3.63, 3.8) is 0 Å². The van der Waals surface area contributed by atoms with Crippen LogP contribution >= 0.6 is 11.3 Å². The van der Waals surface area contributed by atoms with Gasteiger partial charge in [0, 0.05) is 24.0 Å². The molecule has 0 aliphatic rings. The minimum Gasteiger partial charge on any atom is -0.405 e. The number of rotatable bonds is 6. The summed E-state index contributed by atoms with van der Waals surface area (Å²) in [6.07, 6.45) is 3.17. The van der Waals surface area contributed by atoms with Crippen LogP contribution in [0.3, 0.4) is 0 Å². The number of nitrogens with two attached hydrogens (primary N) is 2. The van der Waals surface area contributed by atoms with Gasteiger partial charge in [-0.15, -0.1) is 11.3 Å². The zero-order chi connectivity index (χ0) is 17.5. The van der Waals surface area contributed by atoms with Gasteiger partial charge in [-0.1, -0.05) is 30.3 Å². The smallest absolute Gasteiger partial charge is 0.261 e. The molecule has 1 atom stereocenters. The molecule has 24 heavy (non-hydrogen) atoms. The van der Waals surface area contributed by atoms with Crippen LogP contribution in [0.25, 0.3) is 0 Å². The van der Waals surface area contributed by atoms with Gasteiger partial charge in [-0.3, -0.25) is 9.79 Å². The number of thiophene rings is 1. The summed E-state index contributed by atoms with van der Waals surface area (Å²) in [7, 11) is 1.70. The number of benzene rings is 1. The highest BCUT2D eigenvalue weighted by atomic mass is 32.1. The van der Waals surface area contributed by atoms with E-state index in [2.05, 4.69) is 10.3 Å². The van der Waals surface area contributed by atoms with Gasteiger partial charge in [-0.05, 0) is 30.8 Å². The maximum Gasteiger partial charge on any atom is 0.261 e. The number of aryl methyl sites for hydroxylation is 1. The van der Waals surface area contributed by atoms with Gasteiger partial charge in [0.2, 0.25) is 0 Å². The molecule has 1 aromatic heterocycles. The third kappa shape index (κ3) is 4.10. The van der Waals surface area contributed by atoms with Crippen LogP contribution in [0.4, 0.5) is 0 Å². The SMILES string of the molecule is CN=C(C=CN)c1cc(C(=O)N[C@H](CN)c2ccccc2)sc1C. The molecule has 0 saturated carbocycles. The molecule has 0 saturated heterocycles. The lowest BCUT2D eigenvalue weighted by Crippen LogP contribution is -2.32. The van der Waals surface area contributed by atoms with Crippen LogP contribution in [0.2, 0.25) is 0 Å². The summed E-state index contributed by atoms with van der Waals surface area (Å²) in [6, 6.07) is 11.3. The van der Waals surface area contributed by atoms with Crippen molar-refractivity contribution in [2.24, 2.45) is 16.5 Å². The van der Waals surface area contributed by atoms with Crippen molar-refractivity contribution in [3.05, 3.63) is 69.6 Å². The third-order valence-corrected chi connectivity index (χ3v) is 4.70. The van der Waals surface area contributed by atoms with Crippen LogP contribution in [-0.4, -0.2) is 25.2 Å². The van der Waals surface area contributed by atoms with E-state index in [0.717, 1.165) is 21.7 Å². The van der Waals surface area contributed by atoms with E-state index in [-0.39, 0.29) is 11.9 Å². The molecule has 0 spiro atoms. The van der Waals surface area contributed by atoms with E-state index in [4.69, 9.17) is 11.5 Å². The van der Waals surface area contributed by atoms with Gasteiger partial charge < -0.3 is 16.8 Å². The Morgan fingerprint density at radius 1 is 1.38 bits per heavy atom. The predicted molar refractivity (Wildman–Crippen MR) is 101 cm³/mol. The summed E-state index contributed by atoms with van der Waals surface area (Å²) in [6.45, 7) is 2.30. The number of aliphatic imine (C=N–C) groups is 1. The molecule has 0 bridgehead atoms. The molecule has 1 aromatic carbocycles. The monoisotopic (exact) mass is 342 g/mol. The molecule has 0 fully saturated rings. The van der Waals surface area contributed by atoms with E-state index < -0.39 is 0 Å². The fraction of sp³-hybridized carbons (Fsp3) is 0.222. The fourth-order valence-corrected chi connectivity index (χ4v) is 3.35. The first-order chi connectivity index (χ1) is 11.6. The molecule has 5 N–H and O–H groups in total. The van der Waals surface area contributed by atoms with Crippen molar-refractivity contribution >= 4 is 23.0 Å². The summed E-state index contributed by atoms with van der Waals surface area (Å²) in [5, 5.41) is 2.99. The van der Waals surface area contributed by atoms with E-state index in [1.54, 1.807) is 13.1 Å². The average molecular weight is 342 g/mol. The Labute approximate surface area is 146 Å². The predicted octanol–water partition coefficient (Wildman–Crippen LogP) is 2.38. The summed E-state index contributed by atoms with van der Waals surface area (Å²) >= 11 is 1.43. The Hall–Kier alpha value is -2.44. The second-order valence-corrected chi connectivity index (χ2v) is 6.48. The average Bonchev–Trinajstić information content (AvgIpc) is 3.00. The van der Waals surface area contributed by atoms with Crippen LogP contribution in [0.1, 0.15) is 31.7 Å². The Morgan fingerprint density at radius 3 is 2.67 bits per heavy atom. The van der Waals surface area contributed by atoms with Gasteiger partial charge in [-0.2, -0.15) is 0 Å². The maximum absolute atomic E-state index is 12.6. The molecule has 6 heteroatoms. The maximum atomic E-state index is 12.6. The number of hydrogen-bond acceptors (Lipinski definition) is 5. The molecule has 0 unspecified atom stereocenters. The number of carbonyl (C=O) groups is 1. The first-order valence-corrected chi connectivity index (χ1v) is 8.44. The molecule has 2 rings (SSSR count). The van der Waals surface area contributed by atoms with Gasteiger partial charge in [0.25, 0.3) is 5.91 Å². The van der Waals surface area contributed by atoms with E-state index >= 15 is 0 Å². The number of nitrogens with one attached hydrogen (secondary N) is 1. The molecule has 1 heterocycles. The number of allylic oxidation sites excluding steroid dienone is 1. The molecule has 0 aliphatic heterocycles. The van der Waals surface area contributed by atoms with Crippen molar-refractivity contribution in [2.45, 2.75) is 13.0 Å². The molecular formula is C18H22N4OS. The quantitative estimate of drug-likeness (QED) is 0.704. The molecule has 1 amide bonds. The topological polar surface area (TPSA) is 93.5 Å². The van der Waals surface area contributed by atoms with Crippen molar-refractivity contribution in [2.75, 3.05) is 13.6 Å². The third-order valence-electron chi connectivity index (χ3n) is 3.66. The minimum absolute atomic E-state index is 0.138. The zero-order valence-electron chi connectivity index (χ0n) is 13.8. The molecule has 2 aromatic rings. The summed E-state index contributed by atoms with van der Waals surface area (Å²) < 4.78 is 0. The van der Waals surface area contributed by atoms with Crippen LogP contribution in [0.15, 0.2) is 53.7 Å². The van der Waals surface area contributed by atoms with Crippen molar-refractivity contribution in [1.29, 1.82) is 0 Å². The van der Waals surface area contributed by atoms with Crippen LogP contribution < -0.4 is 16.8 Å². The highest BCUT2D eigenvalue weighted by molar-refractivity contribution is 7.14. The number of amides is 1. The van der Waals surface area contributed by atoms with Gasteiger partial charge >= 0.3 is 0 Å². The lowest BCUT2D eigenvalue weighted by Gasteiger charge is -2.16. The highest BCUT2D eigenvalue weighted by Gasteiger charge is 2.18. The summed E-state index contributed by atoms with van der Waals surface area (Å²) in [5.41, 5.74) is 13.9. The molecule has 5 nitrogen and oxygen atoms in total. The van der Waals surface area contributed by atoms with Gasteiger partial charge in [-0.25, -0.2) is 0 Å². The van der Waals surface area contributed by atoms with Crippen molar-refractivity contribution in [1.82, 2.24) is 5.32 Å². The van der Waals surface area contributed by atoms with Crippen molar-refractivity contribution in [3.8, 4) is 0 Å². The second kappa shape index (κ2) is 8.42. The van der Waals surface area contributed by atoms with Gasteiger partial charge in [0.05, 0.1) is 16.6 Å². The first kappa shape index (κ1) is 17.9. The normalized spacial score (nSPS) is 13.2. The van der Waals surface area contributed by atoms with E-state index in [1.807, 2.05) is 43.3 Å². The highest BCUT2D eigenvalue weighted by Crippen LogP contribution is 2.23. The van der Waals surface area contributed by atoms with Gasteiger partial charge in [0.1, 0.15) is 0 Å². The van der Waals surface area contributed by atoms with E-state index in [1.165, 1.54) is 17.5 Å². The fourth-order valence-electron chi connectivity index (χ4n) is 2.42. The first-order valence-electron chi connectivity index (χ1n) is 7.62. The molecular weight excluding hydrogens is 320 g/mol. The number of carbonyl (C=O) groups excluding carboxylic acids is 1. The van der Waals surface area contributed by atoms with Crippen LogP contribution in [0, 0.1) is 6.92 Å². The Bertz CT molecular complexity index is 750. The van der Waals surface area contributed by atoms with Gasteiger partial charge in [0.15, 0.2) is 0 Å². The molecule has 0 radical (unpaired) electrons.